The number of pyridine rings is 1. The third-order valence-corrected chi connectivity index (χ3v) is 3.31. The fourth-order valence-electron chi connectivity index (χ4n) is 2.18. The lowest BCUT2D eigenvalue weighted by Crippen LogP contribution is -2.02. The van der Waals surface area contributed by atoms with Crippen LogP contribution in [0.1, 0.15) is 17.4 Å². The first kappa shape index (κ1) is 14.0. The van der Waals surface area contributed by atoms with Gasteiger partial charge in [-0.15, -0.1) is 0 Å². The average Bonchev–Trinajstić information content (AvgIpc) is 3.01. The van der Waals surface area contributed by atoms with E-state index in [9.17, 15) is 4.79 Å². The van der Waals surface area contributed by atoms with Crippen molar-refractivity contribution in [1.29, 1.82) is 0 Å². The minimum atomic E-state index is -0.0719. The van der Waals surface area contributed by atoms with Crippen LogP contribution in [-0.2, 0) is 0 Å². The molecule has 0 fully saturated rings. The van der Waals surface area contributed by atoms with Crippen molar-refractivity contribution in [3.63, 3.8) is 0 Å². The van der Waals surface area contributed by atoms with Gasteiger partial charge >= 0.3 is 0 Å². The fraction of sp³-hybridized carbons (Fsp3) is 0.118. The number of benzene rings is 1. The smallest absolute Gasteiger partial charge is 0.213 e. The Kier molecular flexibility index (Phi) is 3.70. The van der Waals surface area contributed by atoms with Gasteiger partial charge in [-0.2, -0.15) is 5.10 Å². The number of hydrogen-bond acceptors (Lipinski definition) is 4. The van der Waals surface area contributed by atoms with E-state index in [0.717, 1.165) is 16.9 Å². The van der Waals surface area contributed by atoms with E-state index in [2.05, 4.69) is 10.1 Å². The minimum absolute atomic E-state index is 0.0719. The van der Waals surface area contributed by atoms with Crippen LogP contribution in [0.5, 0.6) is 5.88 Å². The minimum Gasteiger partial charge on any atom is -0.481 e. The fourth-order valence-corrected chi connectivity index (χ4v) is 2.18. The molecule has 0 aliphatic heterocycles. The lowest BCUT2D eigenvalue weighted by atomic mass is 10.1. The predicted molar refractivity (Wildman–Crippen MR) is 83.4 cm³/mol. The molecule has 5 heteroatoms. The summed E-state index contributed by atoms with van der Waals surface area (Å²) in [6, 6.07) is 15.2. The molecule has 3 rings (SSSR count). The first-order valence-corrected chi connectivity index (χ1v) is 6.86. The number of ether oxygens (including phenoxy) is 1. The molecule has 3 aromatic rings. The molecule has 5 nitrogen and oxygen atoms in total. The van der Waals surface area contributed by atoms with Gasteiger partial charge in [-0.1, -0.05) is 30.3 Å². The molecule has 0 spiro atoms. The summed E-state index contributed by atoms with van der Waals surface area (Å²) in [6.07, 6.45) is 1.67. The van der Waals surface area contributed by atoms with E-state index in [-0.39, 0.29) is 5.78 Å². The summed E-state index contributed by atoms with van der Waals surface area (Å²) >= 11 is 0. The summed E-state index contributed by atoms with van der Waals surface area (Å²) in [5.74, 6) is 0.460. The molecule has 0 N–H and O–H groups in total. The number of ketones is 1. The lowest BCUT2D eigenvalue weighted by molar-refractivity contribution is 0.101. The van der Waals surface area contributed by atoms with Crippen molar-refractivity contribution in [3.05, 3.63) is 60.4 Å². The molecule has 2 heterocycles. The van der Waals surface area contributed by atoms with Gasteiger partial charge in [0.1, 0.15) is 5.69 Å². The second-order valence-electron chi connectivity index (χ2n) is 4.81. The number of rotatable bonds is 4. The molecule has 0 atom stereocenters. The van der Waals surface area contributed by atoms with Crippen molar-refractivity contribution in [3.8, 4) is 22.8 Å². The van der Waals surface area contributed by atoms with Gasteiger partial charge in [0.05, 0.1) is 24.7 Å². The highest BCUT2D eigenvalue weighted by atomic mass is 16.5. The normalized spacial score (nSPS) is 10.5. The van der Waals surface area contributed by atoms with Crippen molar-refractivity contribution < 1.29 is 9.53 Å². The standard InChI is InChI=1S/C17H15N3O2/c1-12(21)15-10-16(13-6-4-3-5-7-13)20(19-15)14-8-9-17(22-2)18-11-14/h3-11H,1-2H3. The number of carbonyl (C=O) groups excluding carboxylic acids is 1. The molecule has 0 radical (unpaired) electrons. The van der Waals surface area contributed by atoms with Crippen LogP contribution in [-0.4, -0.2) is 27.7 Å². The van der Waals surface area contributed by atoms with Gasteiger partial charge in [0, 0.05) is 18.6 Å². The molecule has 1 aromatic carbocycles. The number of hydrogen-bond donors (Lipinski definition) is 0. The number of carbonyl (C=O) groups is 1. The van der Waals surface area contributed by atoms with Crippen molar-refractivity contribution in [2.45, 2.75) is 6.92 Å². The Morgan fingerprint density at radius 1 is 1.14 bits per heavy atom. The van der Waals surface area contributed by atoms with Crippen LogP contribution >= 0.6 is 0 Å². The van der Waals surface area contributed by atoms with E-state index in [1.54, 1.807) is 30.1 Å². The highest BCUT2D eigenvalue weighted by molar-refractivity contribution is 5.93. The van der Waals surface area contributed by atoms with Gasteiger partial charge in [-0.05, 0) is 12.1 Å². The molecule has 0 aliphatic carbocycles. The molecule has 2 aromatic heterocycles. The second kappa shape index (κ2) is 5.81. The van der Waals surface area contributed by atoms with Crippen LogP contribution in [0.4, 0.5) is 0 Å². The summed E-state index contributed by atoms with van der Waals surface area (Å²) < 4.78 is 6.79. The number of nitrogens with zero attached hydrogens (tertiary/aromatic N) is 3. The molecule has 0 saturated heterocycles. The second-order valence-corrected chi connectivity index (χ2v) is 4.81. The van der Waals surface area contributed by atoms with Crippen LogP contribution in [0.25, 0.3) is 16.9 Å². The van der Waals surface area contributed by atoms with Gasteiger partial charge < -0.3 is 4.74 Å². The molecule has 0 unspecified atom stereocenters. The van der Waals surface area contributed by atoms with E-state index < -0.39 is 0 Å². The third-order valence-electron chi connectivity index (χ3n) is 3.31. The van der Waals surface area contributed by atoms with Crippen molar-refractivity contribution in [1.82, 2.24) is 14.8 Å². The Morgan fingerprint density at radius 3 is 2.50 bits per heavy atom. The monoisotopic (exact) mass is 293 g/mol. The number of aromatic nitrogens is 3. The van der Waals surface area contributed by atoms with Gasteiger partial charge in [-0.25, -0.2) is 9.67 Å². The maximum absolute atomic E-state index is 11.7. The van der Waals surface area contributed by atoms with Gasteiger partial charge in [0.25, 0.3) is 0 Å². The Labute approximate surface area is 128 Å². The van der Waals surface area contributed by atoms with Crippen LogP contribution in [0.3, 0.4) is 0 Å². The molecular formula is C17H15N3O2. The average molecular weight is 293 g/mol. The lowest BCUT2D eigenvalue weighted by Gasteiger charge is -2.07. The zero-order valence-corrected chi connectivity index (χ0v) is 12.4. The molecule has 22 heavy (non-hydrogen) atoms. The molecule has 0 aliphatic rings. The van der Waals surface area contributed by atoms with E-state index >= 15 is 0 Å². The van der Waals surface area contributed by atoms with Gasteiger partial charge in [-0.3, -0.25) is 4.79 Å². The maximum Gasteiger partial charge on any atom is 0.213 e. The molecule has 0 bridgehead atoms. The van der Waals surface area contributed by atoms with Crippen molar-refractivity contribution >= 4 is 5.78 Å². The van der Waals surface area contributed by atoms with Crippen LogP contribution in [0.2, 0.25) is 0 Å². The highest BCUT2D eigenvalue weighted by Crippen LogP contribution is 2.24. The van der Waals surface area contributed by atoms with E-state index in [0.29, 0.717) is 11.6 Å². The highest BCUT2D eigenvalue weighted by Gasteiger charge is 2.14. The van der Waals surface area contributed by atoms with Crippen molar-refractivity contribution in [2.24, 2.45) is 0 Å². The third kappa shape index (κ3) is 2.61. The van der Waals surface area contributed by atoms with E-state index in [1.165, 1.54) is 6.92 Å². The number of methoxy groups -OCH3 is 1. The summed E-state index contributed by atoms with van der Waals surface area (Å²) in [5.41, 5.74) is 3.03. The SMILES string of the molecule is COc1ccc(-n2nc(C(C)=O)cc2-c2ccccc2)cn1. The molecule has 0 amide bonds. The first-order valence-electron chi connectivity index (χ1n) is 6.86. The zero-order chi connectivity index (χ0) is 15.5. The van der Waals surface area contributed by atoms with Crippen molar-refractivity contribution in [2.75, 3.05) is 7.11 Å². The zero-order valence-electron chi connectivity index (χ0n) is 12.4. The largest absolute Gasteiger partial charge is 0.481 e. The summed E-state index contributed by atoms with van der Waals surface area (Å²) in [6.45, 7) is 1.51. The number of Topliss-reactive ketones (excluding diaryl/α,β-unsaturated/α-hetero) is 1. The molecule has 0 saturated carbocycles. The van der Waals surface area contributed by atoms with Gasteiger partial charge in [0.2, 0.25) is 5.88 Å². The predicted octanol–water partition coefficient (Wildman–Crippen LogP) is 3.15. The van der Waals surface area contributed by atoms with Crippen LogP contribution in [0, 0.1) is 0 Å². The quantitative estimate of drug-likeness (QED) is 0.693. The molecule has 110 valence electrons. The van der Waals surface area contributed by atoms with Crippen LogP contribution in [0.15, 0.2) is 54.7 Å². The first-order chi connectivity index (χ1) is 10.7. The Bertz CT molecular complexity index is 793. The summed E-state index contributed by atoms with van der Waals surface area (Å²) in [5, 5.41) is 4.40. The topological polar surface area (TPSA) is 57.0 Å². The van der Waals surface area contributed by atoms with Gasteiger partial charge in [0.15, 0.2) is 5.78 Å². The maximum atomic E-state index is 11.7. The Morgan fingerprint density at radius 2 is 1.91 bits per heavy atom. The molecular weight excluding hydrogens is 278 g/mol. The summed E-state index contributed by atoms with van der Waals surface area (Å²) in [7, 11) is 1.57. The Hall–Kier alpha value is -2.95. The Balaban J connectivity index is 2.14. The van der Waals surface area contributed by atoms with Crippen LogP contribution < -0.4 is 4.74 Å². The summed E-state index contributed by atoms with van der Waals surface area (Å²) in [4.78, 5) is 15.9. The van der Waals surface area contributed by atoms with E-state index in [4.69, 9.17) is 4.74 Å². The van der Waals surface area contributed by atoms with E-state index in [1.807, 2.05) is 36.4 Å².